The van der Waals surface area contributed by atoms with E-state index in [0.29, 0.717) is 16.7 Å². The van der Waals surface area contributed by atoms with Crippen molar-refractivity contribution < 1.29 is 5.11 Å². The van der Waals surface area contributed by atoms with Gasteiger partial charge in [0.2, 0.25) is 0 Å². The second kappa shape index (κ2) is 7.85. The monoisotopic (exact) mass is 398 g/mol. The highest BCUT2D eigenvalue weighted by Gasteiger charge is 2.56. The minimum absolute atomic E-state index is 0.0614. The second-order valence-electron chi connectivity index (χ2n) is 12.1. The van der Waals surface area contributed by atoms with Gasteiger partial charge in [-0.15, -0.1) is 0 Å². The molecule has 3 saturated carbocycles. The van der Waals surface area contributed by atoms with Crippen LogP contribution in [0.1, 0.15) is 106 Å². The highest BCUT2D eigenvalue weighted by atomic mass is 16.3. The molecule has 0 radical (unpaired) electrons. The Morgan fingerprint density at radius 2 is 1.86 bits per heavy atom. The molecule has 0 aromatic carbocycles. The van der Waals surface area contributed by atoms with Crippen molar-refractivity contribution in [2.75, 3.05) is 0 Å². The van der Waals surface area contributed by atoms with Gasteiger partial charge in [0, 0.05) is 0 Å². The third-order valence-corrected chi connectivity index (χ3v) is 10.4. The molecule has 4 aliphatic rings. The number of rotatable bonds is 4. The van der Waals surface area contributed by atoms with E-state index in [1.807, 2.05) is 11.1 Å². The first kappa shape index (κ1) is 21.7. The summed E-state index contributed by atoms with van der Waals surface area (Å²) >= 11 is 0. The van der Waals surface area contributed by atoms with Gasteiger partial charge in [0.05, 0.1) is 6.10 Å². The molecule has 0 aliphatic heterocycles. The Labute approximate surface area is 180 Å². The molecule has 0 saturated heterocycles. The molecule has 0 aromatic rings. The van der Waals surface area contributed by atoms with Crippen LogP contribution >= 0.6 is 0 Å². The summed E-state index contributed by atoms with van der Waals surface area (Å²) in [6.45, 7) is 14.6. The van der Waals surface area contributed by atoms with Crippen molar-refractivity contribution in [1.82, 2.24) is 0 Å². The van der Waals surface area contributed by atoms with Crippen LogP contribution < -0.4 is 0 Å². The maximum Gasteiger partial charge on any atom is 0.0568 e. The van der Waals surface area contributed by atoms with Crippen molar-refractivity contribution >= 4 is 0 Å². The lowest BCUT2D eigenvalue weighted by atomic mass is 9.47. The highest BCUT2D eigenvalue weighted by molar-refractivity contribution is 5.35. The van der Waals surface area contributed by atoms with E-state index in [1.54, 1.807) is 0 Å². The maximum absolute atomic E-state index is 10.5. The predicted molar refractivity (Wildman–Crippen MR) is 124 cm³/mol. The molecule has 164 valence electrons. The summed E-state index contributed by atoms with van der Waals surface area (Å²) in [5.74, 6) is 3.74. The van der Waals surface area contributed by atoms with E-state index in [4.69, 9.17) is 0 Å². The van der Waals surface area contributed by atoms with E-state index in [0.717, 1.165) is 30.1 Å². The summed E-state index contributed by atoms with van der Waals surface area (Å²) in [7, 11) is 0. The van der Waals surface area contributed by atoms with Crippen LogP contribution in [0.4, 0.5) is 0 Å². The third kappa shape index (κ3) is 3.48. The first-order valence-electron chi connectivity index (χ1n) is 12.7. The van der Waals surface area contributed by atoms with E-state index in [-0.39, 0.29) is 6.10 Å². The predicted octanol–water partition coefficient (Wildman–Crippen LogP) is 7.70. The number of hydrogen-bond donors (Lipinski definition) is 1. The molecule has 29 heavy (non-hydrogen) atoms. The molecule has 0 spiro atoms. The van der Waals surface area contributed by atoms with Crippen molar-refractivity contribution in [3.63, 3.8) is 0 Å². The van der Waals surface area contributed by atoms with Gasteiger partial charge in [-0.25, -0.2) is 0 Å². The Morgan fingerprint density at radius 3 is 2.59 bits per heavy atom. The SMILES string of the molecule is CC(C)=CCC[C@@H](C)[C@H]1CCC2=C3CC[C@H]4[C@H](C)[C@@H](O)CC[C@]4(C)C3CC[C@@]21C. The lowest BCUT2D eigenvalue weighted by Crippen LogP contribution is -2.51. The molecule has 8 atom stereocenters. The number of hydrogen-bond acceptors (Lipinski definition) is 1. The lowest BCUT2D eigenvalue weighted by molar-refractivity contribution is -0.0779. The zero-order valence-electron chi connectivity index (χ0n) is 20.1. The first-order valence-corrected chi connectivity index (χ1v) is 12.7. The van der Waals surface area contributed by atoms with E-state index in [1.165, 1.54) is 63.4 Å². The minimum atomic E-state index is -0.0614. The number of fused-ring (bicyclic) bond motifs is 4. The zero-order valence-corrected chi connectivity index (χ0v) is 20.1. The molecule has 1 unspecified atom stereocenters. The van der Waals surface area contributed by atoms with Crippen LogP contribution in [0, 0.1) is 40.4 Å². The molecule has 4 rings (SSSR count). The maximum atomic E-state index is 10.5. The van der Waals surface area contributed by atoms with Crippen LogP contribution in [-0.4, -0.2) is 11.2 Å². The molecular formula is C28H46O. The Kier molecular flexibility index (Phi) is 5.86. The van der Waals surface area contributed by atoms with Crippen LogP contribution in [0.3, 0.4) is 0 Å². The molecule has 0 aromatic heterocycles. The third-order valence-electron chi connectivity index (χ3n) is 10.4. The van der Waals surface area contributed by atoms with E-state index >= 15 is 0 Å². The summed E-state index contributed by atoms with van der Waals surface area (Å²) in [5.41, 5.74) is 6.19. The van der Waals surface area contributed by atoms with Crippen LogP contribution in [0.5, 0.6) is 0 Å². The Morgan fingerprint density at radius 1 is 1.10 bits per heavy atom. The molecule has 0 heterocycles. The lowest BCUT2D eigenvalue weighted by Gasteiger charge is -2.58. The summed E-state index contributed by atoms with van der Waals surface area (Å²) in [5, 5.41) is 10.5. The molecule has 1 nitrogen and oxygen atoms in total. The molecule has 0 amide bonds. The average molecular weight is 399 g/mol. The second-order valence-corrected chi connectivity index (χ2v) is 12.1. The minimum Gasteiger partial charge on any atom is -0.393 e. The van der Waals surface area contributed by atoms with Crippen LogP contribution in [0.15, 0.2) is 22.8 Å². The molecular weight excluding hydrogens is 352 g/mol. The van der Waals surface area contributed by atoms with Gasteiger partial charge in [0.25, 0.3) is 0 Å². The summed E-state index contributed by atoms with van der Waals surface area (Å²) in [6.07, 6.45) is 15.5. The van der Waals surface area contributed by atoms with Gasteiger partial charge in [0.1, 0.15) is 0 Å². The van der Waals surface area contributed by atoms with Crippen molar-refractivity contribution in [3.8, 4) is 0 Å². The molecule has 0 bridgehead atoms. The first-order chi connectivity index (χ1) is 13.7. The van der Waals surface area contributed by atoms with E-state index in [9.17, 15) is 5.11 Å². The smallest absolute Gasteiger partial charge is 0.0568 e. The largest absolute Gasteiger partial charge is 0.393 e. The Hall–Kier alpha value is -0.560. The van der Waals surface area contributed by atoms with Crippen molar-refractivity contribution in [1.29, 1.82) is 0 Å². The van der Waals surface area contributed by atoms with Gasteiger partial charge in [-0.2, -0.15) is 0 Å². The summed E-state index contributed by atoms with van der Waals surface area (Å²) in [4.78, 5) is 0. The van der Waals surface area contributed by atoms with Gasteiger partial charge in [0.15, 0.2) is 0 Å². The Bertz CT molecular complexity index is 682. The fourth-order valence-electron chi connectivity index (χ4n) is 8.73. The van der Waals surface area contributed by atoms with Crippen molar-refractivity contribution in [2.24, 2.45) is 40.4 Å². The highest BCUT2D eigenvalue weighted by Crippen LogP contribution is 2.66. The Balaban J connectivity index is 1.57. The van der Waals surface area contributed by atoms with E-state index < -0.39 is 0 Å². The van der Waals surface area contributed by atoms with Gasteiger partial charge in [-0.3, -0.25) is 0 Å². The van der Waals surface area contributed by atoms with Gasteiger partial charge < -0.3 is 5.11 Å². The molecule has 4 aliphatic carbocycles. The summed E-state index contributed by atoms with van der Waals surface area (Å²) < 4.78 is 0. The zero-order chi connectivity index (χ0) is 21.0. The molecule has 1 N–H and O–H groups in total. The fraction of sp³-hybridized carbons (Fsp3) is 0.857. The van der Waals surface area contributed by atoms with E-state index in [2.05, 4.69) is 47.6 Å². The standard InChI is InChI=1S/C28H46O/c1-18(2)8-7-9-19(3)22-12-13-24-21-10-11-23-20(4)26(29)15-17-28(23,6)25(21)14-16-27(22,24)5/h8,19-20,22-23,25-26,29H,7,9-17H2,1-6H3/t19-,20+,22-,23+,25?,26+,27-,28+/m1/s1. The quantitative estimate of drug-likeness (QED) is 0.481. The molecule has 3 fully saturated rings. The number of aliphatic hydroxyl groups excluding tert-OH is 1. The van der Waals surface area contributed by atoms with Crippen molar-refractivity contribution in [2.45, 2.75) is 112 Å². The van der Waals surface area contributed by atoms with Crippen molar-refractivity contribution in [3.05, 3.63) is 22.8 Å². The molecule has 1 heteroatoms. The normalized spacial score (nSPS) is 45.3. The fourth-order valence-corrected chi connectivity index (χ4v) is 8.73. The summed E-state index contributed by atoms with van der Waals surface area (Å²) in [6, 6.07) is 0. The van der Waals surface area contributed by atoms with Crippen LogP contribution in [-0.2, 0) is 0 Å². The van der Waals surface area contributed by atoms with Gasteiger partial charge in [-0.05, 0) is 118 Å². The number of allylic oxidation sites excluding steroid dienone is 4. The van der Waals surface area contributed by atoms with Crippen LogP contribution in [0.2, 0.25) is 0 Å². The average Bonchev–Trinajstić information content (AvgIpc) is 3.02. The van der Waals surface area contributed by atoms with Gasteiger partial charge >= 0.3 is 0 Å². The topological polar surface area (TPSA) is 20.2 Å². The van der Waals surface area contributed by atoms with Crippen LogP contribution in [0.25, 0.3) is 0 Å². The number of aliphatic hydroxyl groups is 1. The van der Waals surface area contributed by atoms with Gasteiger partial charge in [-0.1, -0.05) is 50.5 Å².